The SMILES string of the molecule is O=C1c2ccccc2C(=O)N1C[C@@H](O)COc1ccccc1Cl. The van der Waals surface area contributed by atoms with E-state index in [4.69, 9.17) is 16.3 Å². The van der Waals surface area contributed by atoms with E-state index in [1.54, 1.807) is 48.5 Å². The zero-order valence-electron chi connectivity index (χ0n) is 12.1. The number of ether oxygens (including phenoxy) is 1. The molecular weight excluding hydrogens is 318 g/mol. The molecule has 0 fully saturated rings. The van der Waals surface area contributed by atoms with Crippen LogP contribution in [0.5, 0.6) is 5.75 Å². The monoisotopic (exact) mass is 331 g/mol. The van der Waals surface area contributed by atoms with Gasteiger partial charge in [0, 0.05) is 0 Å². The third-order valence-electron chi connectivity index (χ3n) is 3.54. The van der Waals surface area contributed by atoms with E-state index in [-0.39, 0.29) is 13.2 Å². The fourth-order valence-corrected chi connectivity index (χ4v) is 2.61. The van der Waals surface area contributed by atoms with Crippen LogP contribution in [0.15, 0.2) is 48.5 Å². The van der Waals surface area contributed by atoms with Gasteiger partial charge in [-0.15, -0.1) is 0 Å². The molecule has 5 nitrogen and oxygen atoms in total. The van der Waals surface area contributed by atoms with Gasteiger partial charge in [-0.1, -0.05) is 35.9 Å². The van der Waals surface area contributed by atoms with Gasteiger partial charge in [-0.05, 0) is 24.3 Å². The highest BCUT2D eigenvalue weighted by Crippen LogP contribution is 2.24. The fraction of sp³-hybridized carbons (Fsp3) is 0.176. The first-order valence-corrected chi connectivity index (χ1v) is 7.46. The summed E-state index contributed by atoms with van der Waals surface area (Å²) in [5, 5.41) is 10.5. The second-order valence-corrected chi connectivity index (χ2v) is 5.57. The Kier molecular flexibility index (Phi) is 4.32. The van der Waals surface area contributed by atoms with Crippen LogP contribution in [-0.4, -0.2) is 41.1 Å². The molecule has 0 unspecified atom stereocenters. The molecule has 0 spiro atoms. The smallest absolute Gasteiger partial charge is 0.261 e. The van der Waals surface area contributed by atoms with Gasteiger partial charge in [-0.2, -0.15) is 0 Å². The lowest BCUT2D eigenvalue weighted by Crippen LogP contribution is -2.39. The Labute approximate surface area is 138 Å². The van der Waals surface area contributed by atoms with Crippen LogP contribution in [0, 0.1) is 0 Å². The molecule has 0 saturated carbocycles. The molecule has 0 aromatic heterocycles. The van der Waals surface area contributed by atoms with E-state index < -0.39 is 17.9 Å². The summed E-state index contributed by atoms with van der Waals surface area (Å²) in [6.45, 7) is -0.200. The van der Waals surface area contributed by atoms with Crippen molar-refractivity contribution in [3.63, 3.8) is 0 Å². The minimum atomic E-state index is -1.01. The number of amides is 2. The molecule has 6 heteroatoms. The van der Waals surface area contributed by atoms with Crippen LogP contribution in [0.3, 0.4) is 0 Å². The minimum Gasteiger partial charge on any atom is -0.489 e. The number of carbonyl (C=O) groups excluding carboxylic acids is 2. The molecule has 23 heavy (non-hydrogen) atoms. The molecular formula is C17H14ClNO4. The maximum atomic E-state index is 12.2. The topological polar surface area (TPSA) is 66.8 Å². The number of halogens is 1. The Morgan fingerprint density at radius 3 is 2.17 bits per heavy atom. The van der Waals surface area contributed by atoms with Crippen molar-refractivity contribution < 1.29 is 19.4 Å². The van der Waals surface area contributed by atoms with Gasteiger partial charge >= 0.3 is 0 Å². The number of imide groups is 1. The quantitative estimate of drug-likeness (QED) is 0.854. The standard InChI is InChI=1S/C17H14ClNO4/c18-14-7-3-4-8-15(14)23-10-11(20)9-19-16(21)12-5-1-2-6-13(12)17(19)22/h1-8,11,20H,9-10H2/t11-/m1/s1. The number of para-hydroxylation sites is 1. The van der Waals surface area contributed by atoms with Gasteiger partial charge < -0.3 is 9.84 Å². The number of nitrogens with zero attached hydrogens (tertiary/aromatic N) is 1. The van der Waals surface area contributed by atoms with E-state index in [1.807, 2.05) is 0 Å². The Morgan fingerprint density at radius 1 is 1.00 bits per heavy atom. The summed E-state index contributed by atoms with van der Waals surface area (Å²) in [6.07, 6.45) is -1.01. The first kappa shape index (κ1) is 15.5. The second-order valence-electron chi connectivity index (χ2n) is 5.16. The van der Waals surface area contributed by atoms with E-state index in [0.717, 1.165) is 4.90 Å². The number of benzene rings is 2. The molecule has 2 aromatic carbocycles. The van der Waals surface area contributed by atoms with Crippen molar-refractivity contribution >= 4 is 23.4 Å². The molecule has 0 saturated heterocycles. The number of aliphatic hydroxyl groups is 1. The summed E-state index contributed by atoms with van der Waals surface area (Å²) in [5.41, 5.74) is 0.716. The third-order valence-corrected chi connectivity index (χ3v) is 3.85. The highest BCUT2D eigenvalue weighted by atomic mass is 35.5. The van der Waals surface area contributed by atoms with Gasteiger partial charge in [0.2, 0.25) is 0 Å². The summed E-state index contributed by atoms with van der Waals surface area (Å²) in [6, 6.07) is 13.5. The third kappa shape index (κ3) is 3.06. The molecule has 0 radical (unpaired) electrons. The van der Waals surface area contributed by atoms with Gasteiger partial charge in [0.1, 0.15) is 18.5 Å². The Morgan fingerprint density at radius 2 is 1.57 bits per heavy atom. The van der Waals surface area contributed by atoms with Crippen LogP contribution in [0.25, 0.3) is 0 Å². The number of rotatable bonds is 5. The lowest BCUT2D eigenvalue weighted by molar-refractivity contribution is 0.0457. The minimum absolute atomic E-state index is 0.0723. The average Bonchev–Trinajstić information content (AvgIpc) is 2.80. The van der Waals surface area contributed by atoms with E-state index in [2.05, 4.69) is 0 Å². The fourth-order valence-electron chi connectivity index (χ4n) is 2.42. The van der Waals surface area contributed by atoms with Crippen molar-refractivity contribution in [2.75, 3.05) is 13.2 Å². The highest BCUT2D eigenvalue weighted by molar-refractivity contribution is 6.32. The van der Waals surface area contributed by atoms with Crippen molar-refractivity contribution in [1.29, 1.82) is 0 Å². The van der Waals surface area contributed by atoms with Crippen LogP contribution >= 0.6 is 11.6 Å². The molecule has 2 aromatic rings. The van der Waals surface area contributed by atoms with Crippen LogP contribution in [0.1, 0.15) is 20.7 Å². The summed E-state index contributed by atoms with van der Waals surface area (Å²) < 4.78 is 5.43. The number of hydrogen-bond acceptors (Lipinski definition) is 4. The van der Waals surface area contributed by atoms with E-state index in [9.17, 15) is 14.7 Å². The zero-order chi connectivity index (χ0) is 16.4. The average molecular weight is 332 g/mol. The maximum Gasteiger partial charge on any atom is 0.261 e. The molecule has 1 aliphatic rings. The number of fused-ring (bicyclic) bond motifs is 1. The molecule has 1 N–H and O–H groups in total. The number of hydrogen-bond donors (Lipinski definition) is 1. The number of aliphatic hydroxyl groups excluding tert-OH is 1. The lowest BCUT2D eigenvalue weighted by Gasteiger charge is -2.19. The van der Waals surface area contributed by atoms with Crippen molar-refractivity contribution in [2.45, 2.75) is 6.10 Å². The number of carbonyl (C=O) groups is 2. The van der Waals surface area contributed by atoms with Crippen molar-refractivity contribution in [3.8, 4) is 5.75 Å². The predicted molar refractivity (Wildman–Crippen MR) is 84.8 cm³/mol. The predicted octanol–water partition coefficient (Wildman–Crippen LogP) is 2.38. The van der Waals surface area contributed by atoms with Crippen molar-refractivity contribution in [2.24, 2.45) is 0 Å². The summed E-state index contributed by atoms with van der Waals surface area (Å²) in [5.74, 6) is -0.361. The van der Waals surface area contributed by atoms with Crippen LogP contribution in [0.4, 0.5) is 0 Å². The van der Waals surface area contributed by atoms with Gasteiger partial charge in [0.15, 0.2) is 0 Å². The summed E-state index contributed by atoms with van der Waals surface area (Å²) >= 11 is 5.96. The van der Waals surface area contributed by atoms with E-state index in [1.165, 1.54) is 0 Å². The Balaban J connectivity index is 1.63. The van der Waals surface area contributed by atoms with Gasteiger partial charge in [-0.3, -0.25) is 14.5 Å². The second kappa shape index (κ2) is 6.40. The Bertz CT molecular complexity index is 727. The van der Waals surface area contributed by atoms with Crippen molar-refractivity contribution in [3.05, 3.63) is 64.7 Å². The molecule has 1 heterocycles. The maximum absolute atomic E-state index is 12.2. The normalized spacial score (nSPS) is 14.8. The van der Waals surface area contributed by atoms with Gasteiger partial charge in [0.05, 0.1) is 22.7 Å². The first-order valence-electron chi connectivity index (χ1n) is 7.08. The van der Waals surface area contributed by atoms with Gasteiger partial charge in [0.25, 0.3) is 11.8 Å². The van der Waals surface area contributed by atoms with Crippen LogP contribution < -0.4 is 4.74 Å². The molecule has 3 rings (SSSR count). The first-order chi connectivity index (χ1) is 11.1. The molecule has 1 atom stereocenters. The summed E-state index contributed by atoms with van der Waals surface area (Å²) in [7, 11) is 0. The molecule has 0 aliphatic carbocycles. The zero-order valence-corrected chi connectivity index (χ0v) is 12.9. The van der Waals surface area contributed by atoms with Crippen LogP contribution in [-0.2, 0) is 0 Å². The number of β-amino-alcohol motifs (C(OH)–C–C–N with tert-alkyl or cyclic N) is 1. The Hall–Kier alpha value is -2.37. The largest absolute Gasteiger partial charge is 0.489 e. The molecule has 2 amide bonds. The van der Waals surface area contributed by atoms with E-state index in [0.29, 0.717) is 21.9 Å². The van der Waals surface area contributed by atoms with Gasteiger partial charge in [-0.25, -0.2) is 0 Å². The summed E-state index contributed by atoms with van der Waals surface area (Å²) in [4.78, 5) is 25.4. The lowest BCUT2D eigenvalue weighted by atomic mass is 10.1. The molecule has 0 bridgehead atoms. The van der Waals surface area contributed by atoms with Crippen LogP contribution in [0.2, 0.25) is 5.02 Å². The molecule has 118 valence electrons. The van der Waals surface area contributed by atoms with Crippen molar-refractivity contribution in [1.82, 2.24) is 4.90 Å². The highest BCUT2D eigenvalue weighted by Gasteiger charge is 2.36. The molecule has 1 aliphatic heterocycles. The van der Waals surface area contributed by atoms with E-state index >= 15 is 0 Å².